The van der Waals surface area contributed by atoms with Crippen molar-refractivity contribution in [3.63, 3.8) is 0 Å². The molecule has 10 nitrogen and oxygen atoms in total. The van der Waals surface area contributed by atoms with Gasteiger partial charge in [0.15, 0.2) is 0 Å². The maximum atomic E-state index is 12.3. The van der Waals surface area contributed by atoms with Gasteiger partial charge in [0, 0.05) is 12.1 Å². The summed E-state index contributed by atoms with van der Waals surface area (Å²) in [6, 6.07) is 7.92. The topological polar surface area (TPSA) is 115 Å². The summed E-state index contributed by atoms with van der Waals surface area (Å²) >= 11 is 0. The lowest BCUT2D eigenvalue weighted by atomic mass is 10.1. The fraction of sp³-hybridized carbons (Fsp3) is 0.560. The number of imide groups is 1. The maximum absolute atomic E-state index is 12.3. The molecular weight excluding hydrogens is 485 g/mol. The van der Waals surface area contributed by atoms with Crippen molar-refractivity contribution in [3.8, 4) is 5.75 Å². The van der Waals surface area contributed by atoms with Crippen LogP contribution in [0.2, 0.25) is 0 Å². The maximum Gasteiger partial charge on any atom is 0.329 e. The molecular formula is C25H40N3O7P. The summed E-state index contributed by atoms with van der Waals surface area (Å²) in [7, 11) is -1.70. The molecule has 1 fully saturated rings. The fourth-order valence-corrected chi connectivity index (χ4v) is 4.50. The Labute approximate surface area is 215 Å². The standard InChI is InChI=1S/C23H34N3O7P.C2H6/c1-6-12-26(23(29)24-15-27)21-17(4)13-20(32-21)14-30-34(33-19-10-8-7-9-11-19)25-18(5)22(28)31-16(2)3;1-2/h6-12,15-18,20-21,25H,13-14H2,1-5H3,(H,24,27,29);1-2H3/b12-6-;. The van der Waals surface area contributed by atoms with Crippen LogP contribution >= 0.6 is 8.53 Å². The molecule has 2 rings (SSSR count). The molecule has 1 aliphatic rings. The van der Waals surface area contributed by atoms with Gasteiger partial charge in [0.25, 0.3) is 0 Å². The van der Waals surface area contributed by atoms with E-state index in [0.29, 0.717) is 18.6 Å². The van der Waals surface area contributed by atoms with Crippen LogP contribution in [0.25, 0.3) is 0 Å². The van der Waals surface area contributed by atoms with Gasteiger partial charge in [-0.05, 0) is 46.2 Å². The lowest BCUT2D eigenvalue weighted by Gasteiger charge is -2.27. The third-order valence-electron chi connectivity index (χ3n) is 4.77. The van der Waals surface area contributed by atoms with Gasteiger partial charge in [0.05, 0.1) is 18.8 Å². The second-order valence-electron chi connectivity index (χ2n) is 8.11. The molecule has 5 atom stereocenters. The van der Waals surface area contributed by atoms with Crippen LogP contribution in [0.4, 0.5) is 4.79 Å². The van der Waals surface area contributed by atoms with Crippen LogP contribution in [-0.4, -0.2) is 54.4 Å². The van der Waals surface area contributed by atoms with Crippen LogP contribution in [0.1, 0.15) is 54.9 Å². The van der Waals surface area contributed by atoms with Gasteiger partial charge in [-0.15, -0.1) is 0 Å². The average molecular weight is 526 g/mol. The van der Waals surface area contributed by atoms with E-state index >= 15 is 0 Å². The van der Waals surface area contributed by atoms with E-state index in [1.807, 2.05) is 39.0 Å². The van der Waals surface area contributed by atoms with E-state index in [-0.39, 0.29) is 24.7 Å². The molecule has 0 bridgehead atoms. The molecule has 1 heterocycles. The molecule has 11 heteroatoms. The minimum absolute atomic E-state index is 0.00336. The van der Waals surface area contributed by atoms with Gasteiger partial charge in [-0.25, -0.2) is 9.88 Å². The Balaban J connectivity index is 0.00000316. The van der Waals surface area contributed by atoms with Crippen molar-refractivity contribution in [2.45, 2.75) is 79.4 Å². The van der Waals surface area contributed by atoms with Crippen molar-refractivity contribution in [1.29, 1.82) is 0 Å². The number of nitrogens with one attached hydrogen (secondary N) is 2. The van der Waals surface area contributed by atoms with Crippen LogP contribution in [0, 0.1) is 5.92 Å². The highest BCUT2D eigenvalue weighted by atomic mass is 31.2. The first-order chi connectivity index (χ1) is 17.2. The summed E-state index contributed by atoms with van der Waals surface area (Å²) in [4.78, 5) is 36.6. The lowest BCUT2D eigenvalue weighted by Crippen LogP contribution is -2.44. The molecule has 0 radical (unpaired) electrons. The van der Waals surface area contributed by atoms with Crippen molar-refractivity contribution in [1.82, 2.24) is 15.3 Å². The number of hydrogen-bond acceptors (Lipinski definition) is 8. The zero-order valence-corrected chi connectivity index (χ0v) is 23.1. The molecule has 36 heavy (non-hydrogen) atoms. The number of nitrogens with zero attached hydrogens (tertiary/aromatic N) is 1. The van der Waals surface area contributed by atoms with E-state index in [4.69, 9.17) is 18.5 Å². The summed E-state index contributed by atoms with van der Waals surface area (Å²) in [5.41, 5.74) is 0. The molecule has 0 aromatic heterocycles. The quantitative estimate of drug-likeness (QED) is 0.229. The van der Waals surface area contributed by atoms with Crippen LogP contribution in [-0.2, 0) is 23.6 Å². The number of ether oxygens (including phenoxy) is 2. The van der Waals surface area contributed by atoms with Crippen molar-refractivity contribution < 1.29 is 32.9 Å². The molecule has 0 saturated carbocycles. The molecule has 2 N–H and O–H groups in total. The lowest BCUT2D eigenvalue weighted by molar-refractivity contribution is -0.149. The van der Waals surface area contributed by atoms with Crippen molar-refractivity contribution in [3.05, 3.63) is 42.6 Å². The summed E-state index contributed by atoms with van der Waals surface area (Å²) < 4.78 is 23.3. The van der Waals surface area contributed by atoms with Gasteiger partial charge >= 0.3 is 20.5 Å². The minimum atomic E-state index is -1.70. The van der Waals surface area contributed by atoms with E-state index in [1.165, 1.54) is 4.90 Å². The van der Waals surface area contributed by atoms with Crippen molar-refractivity contribution in [2.24, 2.45) is 5.92 Å². The molecule has 1 aromatic rings. The second-order valence-corrected chi connectivity index (χ2v) is 9.33. The molecule has 1 aliphatic heterocycles. The number of para-hydroxylation sites is 1. The van der Waals surface area contributed by atoms with E-state index in [2.05, 4.69) is 10.4 Å². The van der Waals surface area contributed by atoms with Crippen LogP contribution in [0.15, 0.2) is 42.6 Å². The Kier molecular flexibility index (Phi) is 14.9. The first-order valence-corrected chi connectivity index (χ1v) is 13.4. The summed E-state index contributed by atoms with van der Waals surface area (Å²) in [6.07, 6.45) is 3.12. The van der Waals surface area contributed by atoms with Gasteiger partial charge in [-0.2, -0.15) is 0 Å². The van der Waals surface area contributed by atoms with Crippen LogP contribution in [0.5, 0.6) is 5.75 Å². The van der Waals surface area contributed by atoms with Gasteiger partial charge in [0.2, 0.25) is 6.41 Å². The molecule has 1 saturated heterocycles. The van der Waals surface area contributed by atoms with Gasteiger partial charge in [-0.1, -0.05) is 45.0 Å². The predicted molar refractivity (Wildman–Crippen MR) is 139 cm³/mol. The number of allylic oxidation sites excluding steroid dienone is 1. The number of hydrogen-bond donors (Lipinski definition) is 2. The number of carbonyl (C=O) groups excluding carboxylic acids is 3. The highest BCUT2D eigenvalue weighted by molar-refractivity contribution is 7.45. The van der Waals surface area contributed by atoms with Crippen LogP contribution < -0.4 is 14.9 Å². The Morgan fingerprint density at radius 3 is 2.47 bits per heavy atom. The summed E-state index contributed by atoms with van der Waals surface area (Å²) in [6.45, 7) is 13.2. The zero-order chi connectivity index (χ0) is 27.1. The van der Waals surface area contributed by atoms with Crippen molar-refractivity contribution in [2.75, 3.05) is 6.61 Å². The van der Waals surface area contributed by atoms with E-state index in [0.717, 1.165) is 0 Å². The van der Waals surface area contributed by atoms with Gasteiger partial charge < -0.3 is 18.5 Å². The van der Waals surface area contributed by atoms with E-state index in [9.17, 15) is 14.4 Å². The summed E-state index contributed by atoms with van der Waals surface area (Å²) in [5.74, 6) is 0.182. The average Bonchev–Trinajstić information content (AvgIpc) is 3.22. The highest BCUT2D eigenvalue weighted by Gasteiger charge is 2.38. The predicted octanol–water partition coefficient (Wildman–Crippen LogP) is 4.72. The Morgan fingerprint density at radius 1 is 1.22 bits per heavy atom. The van der Waals surface area contributed by atoms with Crippen LogP contribution in [0.3, 0.4) is 0 Å². The Morgan fingerprint density at radius 2 is 1.89 bits per heavy atom. The third-order valence-corrected chi connectivity index (χ3v) is 6.13. The molecule has 3 amide bonds. The first-order valence-electron chi connectivity index (χ1n) is 12.2. The largest absolute Gasteiger partial charge is 0.462 e. The molecule has 5 unspecified atom stereocenters. The number of benzene rings is 1. The third kappa shape index (κ3) is 10.6. The van der Waals surface area contributed by atoms with Gasteiger partial charge in [0.1, 0.15) is 18.0 Å². The smallest absolute Gasteiger partial charge is 0.329 e. The molecule has 0 aliphatic carbocycles. The minimum Gasteiger partial charge on any atom is -0.462 e. The van der Waals surface area contributed by atoms with Gasteiger partial charge in [-0.3, -0.25) is 19.8 Å². The van der Waals surface area contributed by atoms with Crippen molar-refractivity contribution >= 4 is 26.9 Å². The number of amides is 3. The monoisotopic (exact) mass is 525 g/mol. The molecule has 202 valence electrons. The fourth-order valence-electron chi connectivity index (χ4n) is 3.28. The molecule has 1 aromatic carbocycles. The first kappa shape index (κ1) is 31.5. The number of carbonyl (C=O) groups is 3. The van der Waals surface area contributed by atoms with E-state index < -0.39 is 32.8 Å². The zero-order valence-electron chi connectivity index (χ0n) is 22.2. The Hall–Kier alpha value is -2.52. The SMILES string of the molecule is C/C=C\N(C(=O)NC=O)C1OC(COP(NC(C)C(=O)OC(C)C)Oc2ccccc2)CC1C.CC. The number of rotatable bonds is 12. The normalized spacial score (nSPS) is 20.7. The number of urea groups is 1. The molecule has 0 spiro atoms. The summed E-state index contributed by atoms with van der Waals surface area (Å²) in [5, 5.41) is 5.20. The highest BCUT2D eigenvalue weighted by Crippen LogP contribution is 2.38. The number of esters is 1. The van der Waals surface area contributed by atoms with E-state index in [1.54, 1.807) is 52.1 Å². The Bertz CT molecular complexity index is 825. The second kappa shape index (κ2) is 17.0.